The molecule has 1 aliphatic heterocycles. The summed E-state index contributed by atoms with van der Waals surface area (Å²) in [6.45, 7) is 4.70. The number of halogens is 1. The Bertz CT molecular complexity index is 391. The minimum atomic E-state index is 0.102. The highest BCUT2D eigenvalue weighted by Gasteiger charge is 2.26. The van der Waals surface area contributed by atoms with Crippen LogP contribution in [0.2, 0.25) is 5.02 Å². The smallest absolute Gasteiger partial charge is 0.126 e. The van der Waals surface area contributed by atoms with Crippen molar-refractivity contribution >= 4 is 11.6 Å². The molecule has 0 radical (unpaired) electrons. The summed E-state index contributed by atoms with van der Waals surface area (Å²) < 4.78 is 11.4. The van der Waals surface area contributed by atoms with Crippen molar-refractivity contribution in [3.05, 3.63) is 28.8 Å². The van der Waals surface area contributed by atoms with Gasteiger partial charge >= 0.3 is 0 Å². The Kier molecular flexibility index (Phi) is 4.87. The van der Waals surface area contributed by atoms with Crippen LogP contribution in [-0.2, 0) is 4.74 Å². The van der Waals surface area contributed by atoms with Gasteiger partial charge in [-0.15, -0.1) is 0 Å². The van der Waals surface area contributed by atoms with Crippen LogP contribution in [0.1, 0.15) is 12.0 Å². The van der Waals surface area contributed by atoms with Gasteiger partial charge in [0, 0.05) is 24.6 Å². The van der Waals surface area contributed by atoms with Crippen LogP contribution in [0.4, 0.5) is 0 Å². The van der Waals surface area contributed by atoms with Crippen LogP contribution in [0.5, 0.6) is 5.75 Å². The third-order valence-corrected chi connectivity index (χ3v) is 3.61. The first-order valence-electron chi connectivity index (χ1n) is 6.33. The van der Waals surface area contributed by atoms with E-state index in [4.69, 9.17) is 21.1 Å². The van der Waals surface area contributed by atoms with Crippen LogP contribution < -0.4 is 10.1 Å². The molecular weight excluding hydrogens is 250 g/mol. The summed E-state index contributed by atoms with van der Waals surface area (Å²) in [6.07, 6.45) is 1.24. The van der Waals surface area contributed by atoms with E-state index in [0.717, 1.165) is 35.8 Å². The van der Waals surface area contributed by atoms with Crippen LogP contribution in [-0.4, -0.2) is 32.9 Å². The van der Waals surface area contributed by atoms with Gasteiger partial charge in [-0.1, -0.05) is 11.6 Å². The van der Waals surface area contributed by atoms with Gasteiger partial charge in [0.1, 0.15) is 11.9 Å². The molecule has 1 saturated heterocycles. The van der Waals surface area contributed by atoms with Crippen molar-refractivity contribution in [2.75, 3.05) is 26.8 Å². The molecule has 1 fully saturated rings. The van der Waals surface area contributed by atoms with E-state index in [-0.39, 0.29) is 6.10 Å². The Balaban J connectivity index is 2.07. The van der Waals surface area contributed by atoms with Crippen LogP contribution in [0.15, 0.2) is 18.2 Å². The third kappa shape index (κ3) is 3.37. The second-order valence-corrected chi connectivity index (χ2v) is 5.21. The molecule has 0 aliphatic carbocycles. The van der Waals surface area contributed by atoms with Gasteiger partial charge < -0.3 is 14.8 Å². The summed E-state index contributed by atoms with van der Waals surface area (Å²) in [4.78, 5) is 0. The van der Waals surface area contributed by atoms with Crippen molar-refractivity contribution in [2.45, 2.75) is 19.4 Å². The summed E-state index contributed by atoms with van der Waals surface area (Å²) in [5.41, 5.74) is 1.06. The van der Waals surface area contributed by atoms with Crippen LogP contribution in [0, 0.1) is 12.8 Å². The standard InChI is InChI=1S/C14H20ClNO2/c1-10-7-12(15)3-4-13(10)18-14(9-17-2)11-5-6-16-8-11/h3-4,7,11,14,16H,5-6,8-9H2,1-2H3/t11?,14-/m0/s1. The summed E-state index contributed by atoms with van der Waals surface area (Å²) in [5, 5.41) is 4.11. The fraction of sp³-hybridized carbons (Fsp3) is 0.571. The largest absolute Gasteiger partial charge is 0.487 e. The molecule has 2 rings (SSSR count). The van der Waals surface area contributed by atoms with E-state index in [2.05, 4.69) is 5.32 Å². The zero-order chi connectivity index (χ0) is 13.0. The average Bonchev–Trinajstić information content (AvgIpc) is 2.85. The molecule has 0 aromatic heterocycles. The molecule has 3 nitrogen and oxygen atoms in total. The lowest BCUT2D eigenvalue weighted by Gasteiger charge is -2.24. The molecule has 1 aromatic rings. The molecule has 0 amide bonds. The molecule has 18 heavy (non-hydrogen) atoms. The molecule has 4 heteroatoms. The fourth-order valence-corrected chi connectivity index (χ4v) is 2.56. The summed E-state index contributed by atoms with van der Waals surface area (Å²) >= 11 is 5.95. The van der Waals surface area contributed by atoms with Crippen LogP contribution in [0.25, 0.3) is 0 Å². The second-order valence-electron chi connectivity index (χ2n) is 4.77. The Morgan fingerprint density at radius 2 is 2.33 bits per heavy atom. The predicted octanol–water partition coefficient (Wildman–Crippen LogP) is 2.65. The van der Waals surface area contributed by atoms with Gasteiger partial charge in [0.05, 0.1) is 6.61 Å². The van der Waals surface area contributed by atoms with Gasteiger partial charge in [0.25, 0.3) is 0 Å². The first kappa shape index (κ1) is 13.7. The van der Waals surface area contributed by atoms with E-state index in [9.17, 15) is 0 Å². The normalized spacial score (nSPS) is 20.9. The molecule has 1 heterocycles. The highest BCUT2D eigenvalue weighted by atomic mass is 35.5. The van der Waals surface area contributed by atoms with E-state index in [1.54, 1.807) is 7.11 Å². The maximum absolute atomic E-state index is 6.10. The summed E-state index contributed by atoms with van der Waals surface area (Å²) in [5.74, 6) is 1.41. The third-order valence-electron chi connectivity index (χ3n) is 3.37. The zero-order valence-corrected chi connectivity index (χ0v) is 11.7. The number of ether oxygens (including phenoxy) is 2. The van der Waals surface area contributed by atoms with E-state index in [1.165, 1.54) is 0 Å². The van der Waals surface area contributed by atoms with Crippen molar-refractivity contribution in [1.82, 2.24) is 5.32 Å². The number of aryl methyl sites for hydroxylation is 1. The Morgan fingerprint density at radius 1 is 1.50 bits per heavy atom. The molecule has 2 atom stereocenters. The number of rotatable bonds is 5. The predicted molar refractivity (Wildman–Crippen MR) is 73.5 cm³/mol. The number of methoxy groups -OCH3 is 1. The topological polar surface area (TPSA) is 30.5 Å². The van der Waals surface area contributed by atoms with Gasteiger partial charge in [-0.05, 0) is 43.7 Å². The van der Waals surface area contributed by atoms with Crippen molar-refractivity contribution in [1.29, 1.82) is 0 Å². The minimum Gasteiger partial charge on any atom is -0.487 e. The maximum Gasteiger partial charge on any atom is 0.126 e. The summed E-state index contributed by atoms with van der Waals surface area (Å²) in [6, 6.07) is 5.72. The van der Waals surface area contributed by atoms with Crippen molar-refractivity contribution < 1.29 is 9.47 Å². The first-order chi connectivity index (χ1) is 8.70. The minimum absolute atomic E-state index is 0.102. The molecule has 100 valence electrons. The molecule has 0 spiro atoms. The molecular formula is C14H20ClNO2. The second kappa shape index (κ2) is 6.41. The van der Waals surface area contributed by atoms with Crippen molar-refractivity contribution in [3.63, 3.8) is 0 Å². The zero-order valence-electron chi connectivity index (χ0n) is 10.9. The number of hydrogen-bond donors (Lipinski definition) is 1. The van der Waals surface area contributed by atoms with Gasteiger partial charge in [-0.25, -0.2) is 0 Å². The monoisotopic (exact) mass is 269 g/mol. The fourth-order valence-electron chi connectivity index (χ4n) is 2.33. The number of nitrogens with one attached hydrogen (secondary N) is 1. The molecule has 1 aliphatic rings. The molecule has 0 saturated carbocycles. The van der Waals surface area contributed by atoms with E-state index in [1.807, 2.05) is 25.1 Å². The number of benzene rings is 1. The summed E-state index contributed by atoms with van der Waals surface area (Å²) in [7, 11) is 1.72. The van der Waals surface area contributed by atoms with Gasteiger partial charge in [-0.2, -0.15) is 0 Å². The van der Waals surface area contributed by atoms with Gasteiger partial charge in [0.2, 0.25) is 0 Å². The highest BCUT2D eigenvalue weighted by molar-refractivity contribution is 6.30. The van der Waals surface area contributed by atoms with E-state index in [0.29, 0.717) is 12.5 Å². The van der Waals surface area contributed by atoms with Crippen molar-refractivity contribution in [3.8, 4) is 5.75 Å². The lowest BCUT2D eigenvalue weighted by Crippen LogP contribution is -2.33. The van der Waals surface area contributed by atoms with Crippen molar-refractivity contribution in [2.24, 2.45) is 5.92 Å². The highest BCUT2D eigenvalue weighted by Crippen LogP contribution is 2.26. The van der Waals surface area contributed by atoms with E-state index >= 15 is 0 Å². The lowest BCUT2D eigenvalue weighted by molar-refractivity contribution is 0.0478. The molecule has 1 N–H and O–H groups in total. The van der Waals surface area contributed by atoms with Crippen LogP contribution in [0.3, 0.4) is 0 Å². The molecule has 1 aromatic carbocycles. The van der Waals surface area contributed by atoms with Gasteiger partial charge in [-0.3, -0.25) is 0 Å². The van der Waals surface area contributed by atoms with Gasteiger partial charge in [0.15, 0.2) is 0 Å². The Morgan fingerprint density at radius 3 is 2.94 bits per heavy atom. The number of hydrogen-bond acceptors (Lipinski definition) is 3. The Hall–Kier alpha value is -0.770. The lowest BCUT2D eigenvalue weighted by atomic mass is 10.0. The van der Waals surface area contributed by atoms with E-state index < -0.39 is 0 Å². The molecule has 1 unspecified atom stereocenters. The Labute approximate surface area is 113 Å². The maximum atomic E-state index is 6.10. The SMILES string of the molecule is COC[C@H](Oc1ccc(Cl)cc1C)C1CCNC1. The van der Waals surface area contributed by atoms with Crippen LogP contribution >= 0.6 is 11.6 Å². The molecule has 0 bridgehead atoms. The average molecular weight is 270 g/mol. The first-order valence-corrected chi connectivity index (χ1v) is 6.71. The quantitative estimate of drug-likeness (QED) is 0.891.